The summed E-state index contributed by atoms with van der Waals surface area (Å²) in [5.41, 5.74) is 2.83. The summed E-state index contributed by atoms with van der Waals surface area (Å²) in [6.45, 7) is 7.53. The first-order valence-electron chi connectivity index (χ1n) is 10.4. The first-order valence-corrected chi connectivity index (χ1v) is 10.4. The molecule has 0 aromatic heterocycles. The lowest BCUT2D eigenvalue weighted by Gasteiger charge is -2.56. The van der Waals surface area contributed by atoms with Crippen molar-refractivity contribution in [2.24, 2.45) is 34.5 Å². The second kappa shape index (κ2) is 5.61. The highest BCUT2D eigenvalue weighted by molar-refractivity contribution is 5.28. The third-order valence-corrected chi connectivity index (χ3v) is 8.83. The van der Waals surface area contributed by atoms with Gasteiger partial charge in [-0.15, -0.1) is 0 Å². The van der Waals surface area contributed by atoms with Gasteiger partial charge in [0.05, 0.1) is 6.10 Å². The fraction of sp³-hybridized carbons (Fsp3) is 0.909. The molecule has 130 valence electrons. The van der Waals surface area contributed by atoms with E-state index in [0.29, 0.717) is 10.8 Å². The third kappa shape index (κ3) is 2.29. The molecule has 7 atom stereocenters. The minimum atomic E-state index is -0.0282. The van der Waals surface area contributed by atoms with E-state index in [2.05, 4.69) is 26.8 Å². The minimum Gasteiger partial charge on any atom is -0.393 e. The highest BCUT2D eigenvalue weighted by Crippen LogP contribution is 2.65. The van der Waals surface area contributed by atoms with Gasteiger partial charge in [0.25, 0.3) is 0 Å². The van der Waals surface area contributed by atoms with Crippen molar-refractivity contribution in [3.05, 3.63) is 11.6 Å². The lowest BCUT2D eigenvalue weighted by molar-refractivity contribution is -0.0125. The van der Waals surface area contributed by atoms with Crippen LogP contribution in [0.3, 0.4) is 0 Å². The van der Waals surface area contributed by atoms with Crippen molar-refractivity contribution in [3.8, 4) is 0 Å². The summed E-state index contributed by atoms with van der Waals surface area (Å²) in [4.78, 5) is 0. The smallest absolute Gasteiger partial charge is 0.0543 e. The topological polar surface area (TPSA) is 20.2 Å². The van der Waals surface area contributed by atoms with Crippen molar-refractivity contribution in [1.29, 1.82) is 0 Å². The molecular weight excluding hydrogens is 280 g/mol. The first-order chi connectivity index (χ1) is 11.0. The van der Waals surface area contributed by atoms with Gasteiger partial charge in [-0.1, -0.05) is 45.3 Å². The number of fused-ring (bicyclic) bond motifs is 5. The Kier molecular flexibility index (Phi) is 3.95. The number of aliphatic hydroxyl groups excluding tert-OH is 1. The van der Waals surface area contributed by atoms with Crippen LogP contribution in [0.25, 0.3) is 0 Å². The monoisotopic (exact) mass is 316 g/mol. The van der Waals surface area contributed by atoms with Gasteiger partial charge in [0.1, 0.15) is 0 Å². The van der Waals surface area contributed by atoms with E-state index in [1.165, 1.54) is 51.4 Å². The quantitative estimate of drug-likeness (QED) is 0.645. The molecule has 1 nitrogen and oxygen atoms in total. The highest BCUT2D eigenvalue weighted by Gasteiger charge is 2.56. The summed E-state index contributed by atoms with van der Waals surface area (Å²) in [5, 5.41) is 10.1. The molecular formula is C22H36O. The fourth-order valence-electron chi connectivity index (χ4n) is 7.43. The maximum atomic E-state index is 10.1. The van der Waals surface area contributed by atoms with Crippen LogP contribution in [-0.4, -0.2) is 11.2 Å². The van der Waals surface area contributed by atoms with E-state index in [-0.39, 0.29) is 6.10 Å². The molecule has 1 N–H and O–H groups in total. The van der Waals surface area contributed by atoms with Crippen LogP contribution in [0.1, 0.15) is 85.0 Å². The van der Waals surface area contributed by atoms with Crippen LogP contribution in [0, 0.1) is 34.5 Å². The molecule has 3 saturated carbocycles. The van der Waals surface area contributed by atoms with Crippen molar-refractivity contribution in [1.82, 2.24) is 0 Å². The zero-order valence-corrected chi connectivity index (χ0v) is 15.5. The molecule has 4 rings (SSSR count). The molecule has 7 unspecified atom stereocenters. The molecule has 0 bridgehead atoms. The van der Waals surface area contributed by atoms with Gasteiger partial charge in [-0.05, 0) is 85.9 Å². The zero-order chi connectivity index (χ0) is 16.2. The predicted octanol–water partition coefficient (Wildman–Crippen LogP) is 5.73. The van der Waals surface area contributed by atoms with Crippen LogP contribution >= 0.6 is 0 Å². The van der Waals surface area contributed by atoms with Gasteiger partial charge in [-0.25, -0.2) is 0 Å². The maximum Gasteiger partial charge on any atom is 0.0543 e. The fourth-order valence-corrected chi connectivity index (χ4v) is 7.43. The summed E-state index contributed by atoms with van der Waals surface area (Å²) < 4.78 is 0. The number of hydrogen-bond acceptors (Lipinski definition) is 1. The lowest BCUT2D eigenvalue weighted by atomic mass is 9.48. The summed E-state index contributed by atoms with van der Waals surface area (Å²) in [5.74, 6) is 3.52. The average molecular weight is 317 g/mol. The Morgan fingerprint density at radius 2 is 1.96 bits per heavy atom. The van der Waals surface area contributed by atoms with E-state index in [1.807, 2.05) is 5.57 Å². The average Bonchev–Trinajstić information content (AvgIpc) is 2.85. The van der Waals surface area contributed by atoms with E-state index < -0.39 is 0 Å². The van der Waals surface area contributed by atoms with Gasteiger partial charge in [0.15, 0.2) is 0 Å². The number of aliphatic hydroxyl groups is 1. The predicted molar refractivity (Wildman–Crippen MR) is 96.1 cm³/mol. The van der Waals surface area contributed by atoms with Gasteiger partial charge in [0.2, 0.25) is 0 Å². The van der Waals surface area contributed by atoms with E-state index >= 15 is 0 Å². The normalized spacial score (nSPS) is 52.3. The molecule has 0 aromatic carbocycles. The number of allylic oxidation sites excluding steroid dienone is 2. The van der Waals surface area contributed by atoms with Gasteiger partial charge >= 0.3 is 0 Å². The molecule has 0 aliphatic heterocycles. The summed E-state index contributed by atoms with van der Waals surface area (Å²) >= 11 is 0. The van der Waals surface area contributed by atoms with Gasteiger partial charge < -0.3 is 5.11 Å². The molecule has 23 heavy (non-hydrogen) atoms. The first kappa shape index (κ1) is 16.2. The van der Waals surface area contributed by atoms with E-state index in [1.54, 1.807) is 0 Å². The maximum absolute atomic E-state index is 10.1. The second-order valence-corrected chi connectivity index (χ2v) is 9.77. The largest absolute Gasteiger partial charge is 0.393 e. The summed E-state index contributed by atoms with van der Waals surface area (Å²) in [6.07, 6.45) is 15.8. The Bertz CT molecular complexity index is 494. The Morgan fingerprint density at radius 3 is 2.74 bits per heavy atom. The van der Waals surface area contributed by atoms with Gasteiger partial charge in [0, 0.05) is 0 Å². The van der Waals surface area contributed by atoms with Crippen molar-refractivity contribution >= 4 is 0 Å². The van der Waals surface area contributed by atoms with Crippen molar-refractivity contribution in [2.45, 2.75) is 91.1 Å². The molecule has 0 heterocycles. The number of rotatable bonds is 2. The molecule has 4 aliphatic rings. The van der Waals surface area contributed by atoms with E-state index in [9.17, 15) is 5.11 Å². The Balaban J connectivity index is 1.64. The molecule has 0 amide bonds. The van der Waals surface area contributed by atoms with Crippen LogP contribution in [-0.2, 0) is 0 Å². The molecule has 0 aromatic rings. The van der Waals surface area contributed by atoms with Crippen molar-refractivity contribution in [3.63, 3.8) is 0 Å². The molecule has 4 aliphatic carbocycles. The number of hydrogen-bond donors (Lipinski definition) is 1. The van der Waals surface area contributed by atoms with Crippen LogP contribution in [0.4, 0.5) is 0 Å². The second-order valence-electron chi connectivity index (χ2n) is 9.77. The Labute approximate surface area is 142 Å². The van der Waals surface area contributed by atoms with Gasteiger partial charge in [-0.3, -0.25) is 0 Å². The van der Waals surface area contributed by atoms with E-state index in [0.717, 1.165) is 36.5 Å². The van der Waals surface area contributed by atoms with Crippen LogP contribution in [0.15, 0.2) is 11.6 Å². The summed E-state index contributed by atoms with van der Waals surface area (Å²) in [6, 6.07) is 0. The molecule has 3 fully saturated rings. The SMILES string of the molecule is CCCC1CCC2C3CCC4CC(O)CCC4(C)C3=CCC12C. The minimum absolute atomic E-state index is 0.0282. The standard InChI is InChI=1S/C22H36O/c1-4-5-15-7-9-19-18-8-6-16-14-17(23)10-12-22(16,3)20(18)11-13-21(15,19)2/h11,15-19,23H,4-10,12-14H2,1-3H3. The van der Waals surface area contributed by atoms with Crippen LogP contribution in [0.2, 0.25) is 0 Å². The molecule has 0 spiro atoms. The molecule has 1 heteroatoms. The Hall–Kier alpha value is -0.300. The zero-order valence-electron chi connectivity index (χ0n) is 15.5. The lowest BCUT2D eigenvalue weighted by Crippen LogP contribution is -2.48. The van der Waals surface area contributed by atoms with Crippen molar-refractivity contribution < 1.29 is 5.11 Å². The third-order valence-electron chi connectivity index (χ3n) is 8.83. The van der Waals surface area contributed by atoms with Crippen LogP contribution < -0.4 is 0 Å². The molecule has 0 saturated heterocycles. The summed E-state index contributed by atoms with van der Waals surface area (Å²) in [7, 11) is 0. The van der Waals surface area contributed by atoms with Crippen LogP contribution in [0.5, 0.6) is 0 Å². The van der Waals surface area contributed by atoms with Gasteiger partial charge in [-0.2, -0.15) is 0 Å². The highest BCUT2D eigenvalue weighted by atomic mass is 16.3. The van der Waals surface area contributed by atoms with Crippen molar-refractivity contribution in [2.75, 3.05) is 0 Å². The van der Waals surface area contributed by atoms with E-state index in [4.69, 9.17) is 0 Å². The Morgan fingerprint density at radius 1 is 1.13 bits per heavy atom. The molecule has 0 radical (unpaired) electrons.